The van der Waals surface area contributed by atoms with Gasteiger partial charge in [-0.2, -0.15) is 0 Å². The third kappa shape index (κ3) is 3.62. The minimum Gasteiger partial charge on any atom is -0.495 e. The quantitative estimate of drug-likeness (QED) is 0.855. The molecule has 3 rings (SSSR count). The van der Waals surface area contributed by atoms with Crippen LogP contribution in [-0.2, 0) is 6.42 Å². The first-order chi connectivity index (χ1) is 11.6. The van der Waals surface area contributed by atoms with Crippen LogP contribution in [-0.4, -0.2) is 69.3 Å². The van der Waals surface area contributed by atoms with Gasteiger partial charge in [0, 0.05) is 57.1 Å². The van der Waals surface area contributed by atoms with Crippen LogP contribution in [0.15, 0.2) is 12.1 Å². The number of nitrogen functional groups attached to an aromatic ring is 1. The Labute approximate surface area is 146 Å². The number of hydrogen-bond donors (Lipinski definition) is 1. The third-order valence-electron chi connectivity index (χ3n) is 5.67. The maximum Gasteiger partial charge on any atom is 0.143 e. The molecular weight excluding hydrogens is 300 g/mol. The zero-order valence-corrected chi connectivity index (χ0v) is 15.4. The van der Waals surface area contributed by atoms with Crippen molar-refractivity contribution in [2.45, 2.75) is 32.2 Å². The summed E-state index contributed by atoms with van der Waals surface area (Å²) >= 11 is 0. The van der Waals surface area contributed by atoms with E-state index in [4.69, 9.17) is 10.5 Å². The molecule has 134 valence electrons. The van der Waals surface area contributed by atoms with Gasteiger partial charge >= 0.3 is 0 Å². The van der Waals surface area contributed by atoms with Crippen molar-refractivity contribution in [3.63, 3.8) is 0 Å². The number of anilines is 2. The molecule has 0 radical (unpaired) electrons. The van der Waals surface area contributed by atoms with Crippen molar-refractivity contribution in [2.24, 2.45) is 0 Å². The van der Waals surface area contributed by atoms with Gasteiger partial charge in [-0.3, -0.25) is 4.90 Å². The molecule has 2 fully saturated rings. The summed E-state index contributed by atoms with van der Waals surface area (Å²) < 4.78 is 5.44. The number of piperazine rings is 1. The van der Waals surface area contributed by atoms with Gasteiger partial charge < -0.3 is 20.3 Å². The number of methoxy groups -OCH3 is 1. The highest BCUT2D eigenvalue weighted by Gasteiger charge is 2.27. The summed E-state index contributed by atoms with van der Waals surface area (Å²) in [6.45, 7) is 9.29. The molecule has 5 heteroatoms. The fraction of sp³-hybridized carbons (Fsp3) is 0.684. The molecule has 1 aromatic carbocycles. The van der Waals surface area contributed by atoms with Crippen LogP contribution in [0, 0.1) is 0 Å². The predicted octanol–water partition coefficient (Wildman–Crippen LogP) is 2.06. The number of nitrogens with two attached hydrogens (primary N) is 1. The summed E-state index contributed by atoms with van der Waals surface area (Å²) in [6.07, 6.45) is 3.50. The molecule has 0 saturated carbocycles. The Hall–Kier alpha value is -1.46. The second-order valence-corrected chi connectivity index (χ2v) is 7.13. The number of ether oxygens (including phenoxy) is 1. The van der Waals surface area contributed by atoms with E-state index in [0.29, 0.717) is 0 Å². The van der Waals surface area contributed by atoms with Crippen LogP contribution in [0.5, 0.6) is 5.75 Å². The first kappa shape index (κ1) is 17.4. The molecule has 0 aliphatic carbocycles. The molecule has 0 amide bonds. The van der Waals surface area contributed by atoms with E-state index in [0.717, 1.165) is 37.0 Å². The highest BCUT2D eigenvalue weighted by molar-refractivity contribution is 5.67. The Morgan fingerprint density at radius 3 is 2.33 bits per heavy atom. The molecule has 0 unspecified atom stereocenters. The molecule has 5 nitrogen and oxygen atoms in total. The molecule has 0 bridgehead atoms. The normalized spacial score (nSPS) is 21.2. The summed E-state index contributed by atoms with van der Waals surface area (Å²) in [5.74, 6) is 0.795. The highest BCUT2D eigenvalue weighted by Crippen LogP contribution is 2.34. The van der Waals surface area contributed by atoms with E-state index in [-0.39, 0.29) is 0 Å². The first-order valence-electron chi connectivity index (χ1n) is 9.26. The van der Waals surface area contributed by atoms with E-state index < -0.39 is 0 Å². The lowest BCUT2D eigenvalue weighted by Gasteiger charge is -2.43. The molecule has 0 atom stereocenters. The Bertz CT molecular complexity index is 547. The van der Waals surface area contributed by atoms with E-state index in [9.17, 15) is 0 Å². The number of piperidine rings is 1. The van der Waals surface area contributed by atoms with Gasteiger partial charge in [0.25, 0.3) is 0 Å². The maximum atomic E-state index is 6.08. The minimum atomic E-state index is 0.741. The van der Waals surface area contributed by atoms with E-state index in [1.807, 2.05) is 0 Å². The molecule has 2 saturated heterocycles. The second-order valence-electron chi connectivity index (χ2n) is 7.13. The van der Waals surface area contributed by atoms with Crippen LogP contribution >= 0.6 is 0 Å². The van der Waals surface area contributed by atoms with Crippen LogP contribution in [0.1, 0.15) is 25.3 Å². The number of aryl methyl sites for hydroxylation is 1. The Kier molecular flexibility index (Phi) is 5.51. The summed E-state index contributed by atoms with van der Waals surface area (Å²) in [6, 6.07) is 4.96. The van der Waals surface area contributed by atoms with Crippen LogP contribution < -0.4 is 15.4 Å². The fourth-order valence-electron chi connectivity index (χ4n) is 4.05. The molecule has 24 heavy (non-hydrogen) atoms. The van der Waals surface area contributed by atoms with Crippen molar-refractivity contribution in [3.8, 4) is 5.75 Å². The zero-order valence-electron chi connectivity index (χ0n) is 15.4. The van der Waals surface area contributed by atoms with E-state index in [2.05, 4.69) is 40.8 Å². The third-order valence-corrected chi connectivity index (χ3v) is 5.67. The largest absolute Gasteiger partial charge is 0.495 e. The van der Waals surface area contributed by atoms with E-state index in [1.165, 1.54) is 50.3 Å². The molecule has 2 N–H and O–H groups in total. The Balaban J connectivity index is 1.66. The molecule has 2 aliphatic heterocycles. The monoisotopic (exact) mass is 332 g/mol. The summed E-state index contributed by atoms with van der Waals surface area (Å²) in [7, 11) is 3.92. The summed E-state index contributed by atoms with van der Waals surface area (Å²) in [5.41, 5.74) is 9.45. The van der Waals surface area contributed by atoms with Gasteiger partial charge in [-0.05, 0) is 37.9 Å². The van der Waals surface area contributed by atoms with E-state index >= 15 is 0 Å². The van der Waals surface area contributed by atoms with Gasteiger partial charge in [0.05, 0.1) is 12.8 Å². The lowest BCUT2D eigenvalue weighted by molar-refractivity contribution is 0.0982. The van der Waals surface area contributed by atoms with Crippen LogP contribution in [0.25, 0.3) is 0 Å². The number of likely N-dealkylation sites (N-methyl/N-ethyl adjacent to an activating group) is 1. The SMILES string of the molecule is CCc1cc(N)c(OC)cc1N1CCC(N2CCN(C)CC2)CC1. The van der Waals surface area contributed by atoms with E-state index in [1.54, 1.807) is 7.11 Å². The predicted molar refractivity (Wildman–Crippen MR) is 101 cm³/mol. The highest BCUT2D eigenvalue weighted by atomic mass is 16.5. The van der Waals surface area contributed by atoms with Gasteiger partial charge in [0.15, 0.2) is 0 Å². The first-order valence-corrected chi connectivity index (χ1v) is 9.26. The number of hydrogen-bond acceptors (Lipinski definition) is 5. The standard InChI is InChI=1S/C19H32N4O/c1-4-15-13-17(20)19(24-3)14-18(15)23-7-5-16(6-8-23)22-11-9-21(2)10-12-22/h13-14,16H,4-12,20H2,1-3H3. The van der Waals surface area contributed by atoms with Gasteiger partial charge in [0.1, 0.15) is 5.75 Å². The summed E-state index contributed by atoms with van der Waals surface area (Å²) in [4.78, 5) is 7.65. The summed E-state index contributed by atoms with van der Waals surface area (Å²) in [5, 5.41) is 0. The fourth-order valence-corrected chi connectivity index (χ4v) is 4.05. The lowest BCUT2D eigenvalue weighted by atomic mass is 9.99. The van der Waals surface area contributed by atoms with Gasteiger partial charge in [-0.15, -0.1) is 0 Å². The Morgan fingerprint density at radius 1 is 1.08 bits per heavy atom. The average Bonchev–Trinajstić information content (AvgIpc) is 2.62. The topological polar surface area (TPSA) is 45.0 Å². The molecule has 1 aromatic rings. The van der Waals surface area contributed by atoms with Gasteiger partial charge in [-0.25, -0.2) is 0 Å². The smallest absolute Gasteiger partial charge is 0.143 e. The van der Waals surface area contributed by atoms with Gasteiger partial charge in [0.2, 0.25) is 0 Å². The second kappa shape index (κ2) is 7.62. The van der Waals surface area contributed by atoms with Crippen LogP contribution in [0.4, 0.5) is 11.4 Å². The van der Waals surface area contributed by atoms with Crippen LogP contribution in [0.3, 0.4) is 0 Å². The van der Waals surface area contributed by atoms with Crippen molar-refractivity contribution in [1.29, 1.82) is 0 Å². The molecule has 0 spiro atoms. The zero-order chi connectivity index (χ0) is 17.1. The van der Waals surface area contributed by atoms with Crippen molar-refractivity contribution < 1.29 is 4.74 Å². The van der Waals surface area contributed by atoms with Crippen molar-refractivity contribution in [3.05, 3.63) is 17.7 Å². The molecule has 2 aliphatic rings. The van der Waals surface area contributed by atoms with Crippen molar-refractivity contribution in [2.75, 3.05) is 64.1 Å². The number of rotatable bonds is 4. The number of nitrogens with zero attached hydrogens (tertiary/aromatic N) is 3. The van der Waals surface area contributed by atoms with Crippen molar-refractivity contribution >= 4 is 11.4 Å². The number of benzene rings is 1. The lowest BCUT2D eigenvalue weighted by Crippen LogP contribution is -2.52. The molecular formula is C19H32N4O. The minimum absolute atomic E-state index is 0.741. The average molecular weight is 332 g/mol. The maximum absolute atomic E-state index is 6.08. The van der Waals surface area contributed by atoms with Crippen molar-refractivity contribution in [1.82, 2.24) is 9.80 Å². The van der Waals surface area contributed by atoms with Crippen LogP contribution in [0.2, 0.25) is 0 Å². The Morgan fingerprint density at radius 2 is 1.75 bits per heavy atom. The van der Waals surface area contributed by atoms with Gasteiger partial charge in [-0.1, -0.05) is 6.92 Å². The molecule has 2 heterocycles. The molecule has 0 aromatic heterocycles.